The summed E-state index contributed by atoms with van der Waals surface area (Å²) in [4.78, 5) is 28.1. The van der Waals surface area contributed by atoms with Crippen molar-refractivity contribution in [2.45, 2.75) is 45.9 Å². The number of rotatable bonds is 8. The lowest BCUT2D eigenvalue weighted by molar-refractivity contribution is -0.140. The molecule has 2 aliphatic heterocycles. The minimum absolute atomic E-state index is 0.00933. The van der Waals surface area contributed by atoms with Gasteiger partial charge in [0.05, 0.1) is 37.6 Å². The number of aliphatic hydroxyl groups excluding tert-OH is 1. The van der Waals surface area contributed by atoms with E-state index in [1.165, 1.54) is 11.2 Å². The van der Waals surface area contributed by atoms with Crippen LogP contribution in [-0.4, -0.2) is 41.0 Å². The number of Topliss-reactive ketones (excluding diaryl/α,β-unsaturated/α-hetero) is 1. The van der Waals surface area contributed by atoms with E-state index in [2.05, 4.69) is 0 Å². The second-order valence-corrected chi connectivity index (χ2v) is 9.03. The number of amides is 1. The highest BCUT2D eigenvalue weighted by atomic mass is 16.5. The molecule has 5 rings (SSSR count). The van der Waals surface area contributed by atoms with E-state index in [-0.39, 0.29) is 24.0 Å². The Morgan fingerprint density at radius 3 is 2.57 bits per heavy atom. The molecule has 1 N–H and O–H groups in total. The van der Waals surface area contributed by atoms with Crippen molar-refractivity contribution in [1.82, 2.24) is 4.90 Å². The molecule has 0 unspecified atom stereocenters. The third kappa shape index (κ3) is 4.55. The lowest BCUT2D eigenvalue weighted by Gasteiger charge is -2.25. The van der Waals surface area contributed by atoms with Crippen LogP contribution in [0.3, 0.4) is 0 Å². The van der Waals surface area contributed by atoms with Gasteiger partial charge in [-0.2, -0.15) is 0 Å². The molecule has 37 heavy (non-hydrogen) atoms. The van der Waals surface area contributed by atoms with Crippen LogP contribution in [0, 0.1) is 0 Å². The van der Waals surface area contributed by atoms with Gasteiger partial charge < -0.3 is 28.6 Å². The number of carbonyl (C=O) groups is 2. The van der Waals surface area contributed by atoms with Gasteiger partial charge >= 0.3 is 0 Å². The summed E-state index contributed by atoms with van der Waals surface area (Å²) in [6, 6.07) is 13.2. The third-order valence-electron chi connectivity index (χ3n) is 6.50. The monoisotopic (exact) mass is 503 g/mol. The molecule has 8 heteroatoms. The van der Waals surface area contributed by atoms with E-state index in [1.54, 1.807) is 42.5 Å². The predicted octanol–water partition coefficient (Wildman–Crippen LogP) is 5.02. The first-order valence-corrected chi connectivity index (χ1v) is 12.4. The highest BCUT2D eigenvalue weighted by Crippen LogP contribution is 2.43. The van der Waals surface area contributed by atoms with Crippen molar-refractivity contribution in [2.75, 3.05) is 13.2 Å². The second-order valence-electron chi connectivity index (χ2n) is 9.03. The summed E-state index contributed by atoms with van der Waals surface area (Å²) in [5, 5.41) is 11.5. The van der Waals surface area contributed by atoms with Crippen LogP contribution in [-0.2, 0) is 22.6 Å². The maximum Gasteiger partial charge on any atom is 0.296 e. The molecule has 0 saturated carbocycles. The van der Waals surface area contributed by atoms with Crippen LogP contribution in [0.1, 0.15) is 49.3 Å². The largest absolute Gasteiger partial charge is 0.507 e. The summed E-state index contributed by atoms with van der Waals surface area (Å²) in [5.74, 6) is 0.620. The van der Waals surface area contributed by atoms with Gasteiger partial charge in [0, 0.05) is 12.0 Å². The van der Waals surface area contributed by atoms with Gasteiger partial charge in [-0.05, 0) is 74.4 Å². The maximum absolute atomic E-state index is 13.4. The number of benzene rings is 2. The summed E-state index contributed by atoms with van der Waals surface area (Å²) in [7, 11) is 0. The minimum atomic E-state index is -0.858. The average Bonchev–Trinajstić information content (AvgIpc) is 3.59. The molecule has 0 radical (unpaired) electrons. The van der Waals surface area contributed by atoms with Crippen LogP contribution in [0.15, 0.2) is 64.8 Å². The fraction of sp³-hybridized carbons (Fsp3) is 0.310. The molecule has 0 aliphatic carbocycles. The molecule has 3 heterocycles. The highest BCUT2D eigenvalue weighted by Gasteiger charge is 2.46. The number of fused-ring (bicyclic) bond motifs is 1. The Morgan fingerprint density at radius 2 is 1.84 bits per heavy atom. The average molecular weight is 504 g/mol. The molecule has 2 atom stereocenters. The zero-order valence-corrected chi connectivity index (χ0v) is 21.0. The summed E-state index contributed by atoms with van der Waals surface area (Å²) in [6.07, 6.45) is 2.24. The first-order chi connectivity index (χ1) is 17.9. The van der Waals surface area contributed by atoms with Crippen LogP contribution in [0.4, 0.5) is 0 Å². The van der Waals surface area contributed by atoms with Gasteiger partial charge in [-0.3, -0.25) is 9.59 Å². The molecule has 192 valence electrons. The zero-order valence-electron chi connectivity index (χ0n) is 21.0. The molecular weight excluding hydrogens is 474 g/mol. The van der Waals surface area contributed by atoms with Crippen molar-refractivity contribution in [1.29, 1.82) is 0 Å². The van der Waals surface area contributed by atoms with Crippen molar-refractivity contribution in [3.8, 4) is 17.2 Å². The fourth-order valence-electron chi connectivity index (χ4n) is 4.92. The first kappa shape index (κ1) is 24.5. The molecule has 1 saturated heterocycles. The van der Waals surface area contributed by atoms with Crippen LogP contribution < -0.4 is 14.2 Å². The normalized spacial score (nSPS) is 20.1. The Morgan fingerprint density at radius 1 is 1.05 bits per heavy atom. The Balaban J connectivity index is 1.64. The van der Waals surface area contributed by atoms with Gasteiger partial charge in [-0.1, -0.05) is 6.07 Å². The van der Waals surface area contributed by atoms with E-state index < -0.39 is 17.7 Å². The van der Waals surface area contributed by atoms with Gasteiger partial charge in [0.1, 0.15) is 23.4 Å². The van der Waals surface area contributed by atoms with Crippen molar-refractivity contribution < 1.29 is 33.3 Å². The standard InChI is InChI=1S/C29H29NO7/c1-4-34-23-11-8-18(15-24(23)35-5-2)26-25(28(32)29(33)30(26)16-21-7-6-12-36-21)27(31)19-9-10-22-20(14-19)13-17(3)37-22/h6-12,14-15,17,26,31H,4-5,13,16H2,1-3H3/b27-25+/t17-,26-/m0/s1. The topological polar surface area (TPSA) is 98.4 Å². The Hall–Kier alpha value is -4.20. The third-order valence-corrected chi connectivity index (χ3v) is 6.50. The quantitative estimate of drug-likeness (QED) is 0.262. The summed E-state index contributed by atoms with van der Waals surface area (Å²) in [5.41, 5.74) is 2.01. The molecule has 1 fully saturated rings. The number of hydrogen-bond donors (Lipinski definition) is 1. The molecule has 8 nitrogen and oxygen atoms in total. The van der Waals surface area contributed by atoms with Gasteiger partial charge in [-0.15, -0.1) is 0 Å². The van der Waals surface area contributed by atoms with Gasteiger partial charge in [-0.25, -0.2) is 0 Å². The molecule has 1 amide bonds. The molecule has 3 aromatic rings. The first-order valence-electron chi connectivity index (χ1n) is 12.4. The minimum Gasteiger partial charge on any atom is -0.507 e. The van der Waals surface area contributed by atoms with E-state index in [4.69, 9.17) is 18.6 Å². The molecule has 0 bridgehead atoms. The van der Waals surface area contributed by atoms with E-state index in [1.807, 2.05) is 26.8 Å². The second kappa shape index (κ2) is 10.0. The van der Waals surface area contributed by atoms with Crippen LogP contribution in [0.2, 0.25) is 0 Å². The van der Waals surface area contributed by atoms with E-state index in [0.29, 0.717) is 48.0 Å². The number of ether oxygens (including phenoxy) is 3. The van der Waals surface area contributed by atoms with E-state index >= 15 is 0 Å². The molecule has 1 aromatic heterocycles. The summed E-state index contributed by atoms with van der Waals surface area (Å²) < 4.78 is 22.7. The van der Waals surface area contributed by atoms with Crippen molar-refractivity contribution in [2.24, 2.45) is 0 Å². The van der Waals surface area contributed by atoms with Crippen LogP contribution in [0.5, 0.6) is 17.2 Å². The van der Waals surface area contributed by atoms with Crippen molar-refractivity contribution >= 4 is 17.4 Å². The van der Waals surface area contributed by atoms with Crippen molar-refractivity contribution in [3.05, 3.63) is 82.8 Å². The Bertz CT molecular complexity index is 1360. The van der Waals surface area contributed by atoms with E-state index in [0.717, 1.165) is 11.3 Å². The SMILES string of the molecule is CCOc1ccc([C@H]2/C(=C(\O)c3ccc4c(c3)C[C@H](C)O4)C(=O)C(=O)N2Cc2ccco2)cc1OCC. The lowest BCUT2D eigenvalue weighted by atomic mass is 9.94. The van der Waals surface area contributed by atoms with Gasteiger partial charge in [0.15, 0.2) is 11.5 Å². The van der Waals surface area contributed by atoms with E-state index in [9.17, 15) is 14.7 Å². The zero-order chi connectivity index (χ0) is 26.1. The van der Waals surface area contributed by atoms with Crippen LogP contribution in [0.25, 0.3) is 5.76 Å². The number of hydrogen-bond acceptors (Lipinski definition) is 7. The van der Waals surface area contributed by atoms with Crippen molar-refractivity contribution in [3.63, 3.8) is 0 Å². The predicted molar refractivity (Wildman–Crippen MR) is 136 cm³/mol. The molecule has 2 aromatic carbocycles. The summed E-state index contributed by atoms with van der Waals surface area (Å²) >= 11 is 0. The fourth-order valence-corrected chi connectivity index (χ4v) is 4.92. The van der Waals surface area contributed by atoms with Crippen LogP contribution >= 0.6 is 0 Å². The number of ketones is 1. The number of nitrogens with zero attached hydrogens (tertiary/aromatic N) is 1. The van der Waals surface area contributed by atoms with Gasteiger partial charge in [0.25, 0.3) is 11.7 Å². The molecule has 2 aliphatic rings. The summed E-state index contributed by atoms with van der Waals surface area (Å²) in [6.45, 7) is 6.64. The smallest absolute Gasteiger partial charge is 0.296 e. The Labute approximate surface area is 215 Å². The molecule has 0 spiro atoms. The van der Waals surface area contributed by atoms with Gasteiger partial charge in [0.2, 0.25) is 0 Å². The molecular formula is C29H29NO7. The number of likely N-dealkylation sites (tertiary alicyclic amines) is 1. The number of carbonyl (C=O) groups excluding carboxylic acids is 2. The highest BCUT2D eigenvalue weighted by molar-refractivity contribution is 6.46. The Kier molecular flexibility index (Phi) is 6.65. The number of aliphatic hydroxyl groups is 1. The lowest BCUT2D eigenvalue weighted by Crippen LogP contribution is -2.29. The number of furan rings is 1. The maximum atomic E-state index is 13.4.